The number of halogens is 2. The summed E-state index contributed by atoms with van der Waals surface area (Å²) in [6, 6.07) is 8.58. The molecule has 1 aromatic carbocycles. The number of imidazole rings is 1. The highest BCUT2D eigenvalue weighted by atomic mass is 19.3. The van der Waals surface area contributed by atoms with Crippen LogP contribution in [0, 0.1) is 10.8 Å². The van der Waals surface area contributed by atoms with Gasteiger partial charge in [-0.1, -0.05) is 18.2 Å². The first kappa shape index (κ1) is 19.6. The molecule has 0 saturated heterocycles. The molecule has 0 bridgehead atoms. The van der Waals surface area contributed by atoms with Crippen LogP contribution in [-0.4, -0.2) is 38.2 Å². The van der Waals surface area contributed by atoms with Crippen LogP contribution in [0.3, 0.4) is 0 Å². The molecule has 2 spiro atoms. The highest BCUT2D eigenvalue weighted by Gasteiger charge is 2.69. The minimum Gasteiger partial charge on any atom is -0.385 e. The van der Waals surface area contributed by atoms with Gasteiger partial charge in [0.15, 0.2) is 0 Å². The second-order valence-electron chi connectivity index (χ2n) is 10.4. The molecule has 3 aliphatic carbocycles. The molecule has 4 unspecified atom stereocenters. The van der Waals surface area contributed by atoms with Gasteiger partial charge in [-0.15, -0.1) is 0 Å². The zero-order valence-corrected chi connectivity index (χ0v) is 17.9. The quantitative estimate of drug-likeness (QED) is 0.618. The molecule has 0 radical (unpaired) electrons. The van der Waals surface area contributed by atoms with Gasteiger partial charge in [-0.2, -0.15) is 0 Å². The van der Waals surface area contributed by atoms with Crippen molar-refractivity contribution in [2.24, 2.45) is 10.8 Å². The van der Waals surface area contributed by atoms with Crippen molar-refractivity contribution in [3.05, 3.63) is 36.3 Å². The Morgan fingerprint density at radius 3 is 2.77 bits per heavy atom. The number of aromatic nitrogens is 3. The van der Waals surface area contributed by atoms with E-state index in [9.17, 15) is 13.9 Å². The monoisotopic (exact) mass is 426 g/mol. The largest absolute Gasteiger partial charge is 0.385 e. The van der Waals surface area contributed by atoms with Crippen LogP contribution in [-0.2, 0) is 0 Å². The molecule has 2 heterocycles. The smallest absolute Gasteiger partial charge is 0.257 e. The van der Waals surface area contributed by atoms with Crippen molar-refractivity contribution in [3.63, 3.8) is 0 Å². The Labute approximate surface area is 179 Å². The van der Waals surface area contributed by atoms with Gasteiger partial charge in [-0.05, 0) is 55.9 Å². The minimum atomic E-state index is -2.67. The average Bonchev–Trinajstić information content (AvgIpc) is 3.48. The van der Waals surface area contributed by atoms with Crippen molar-refractivity contribution < 1.29 is 13.9 Å². The van der Waals surface area contributed by atoms with E-state index in [1.807, 2.05) is 18.2 Å². The van der Waals surface area contributed by atoms with E-state index < -0.39 is 12.0 Å². The summed E-state index contributed by atoms with van der Waals surface area (Å²) in [5, 5.41) is 14.7. The topological polar surface area (TPSA) is 63.0 Å². The predicted molar refractivity (Wildman–Crippen MR) is 115 cm³/mol. The third-order valence-corrected chi connectivity index (χ3v) is 7.96. The van der Waals surface area contributed by atoms with Crippen LogP contribution < -0.4 is 5.32 Å². The van der Waals surface area contributed by atoms with Crippen molar-refractivity contribution in [2.75, 3.05) is 6.54 Å². The van der Waals surface area contributed by atoms with Crippen LogP contribution in [0.4, 0.5) is 8.78 Å². The molecule has 3 aromatic rings. The molecule has 0 amide bonds. The lowest BCUT2D eigenvalue weighted by Gasteiger charge is -2.17. The molecule has 3 aliphatic rings. The first-order valence-corrected chi connectivity index (χ1v) is 11.3. The van der Waals surface area contributed by atoms with E-state index in [4.69, 9.17) is 4.98 Å². The lowest BCUT2D eigenvalue weighted by molar-refractivity contribution is 0.0214. The number of alkyl halides is 2. The molecule has 0 aliphatic heterocycles. The van der Waals surface area contributed by atoms with Gasteiger partial charge in [-0.25, -0.2) is 13.8 Å². The molecular weight excluding hydrogens is 398 g/mol. The molecule has 5 nitrogen and oxygen atoms in total. The van der Waals surface area contributed by atoms with Crippen LogP contribution in [0.2, 0.25) is 0 Å². The van der Waals surface area contributed by atoms with Gasteiger partial charge in [0.25, 0.3) is 5.92 Å². The molecule has 2 aromatic heterocycles. The van der Waals surface area contributed by atoms with Crippen LogP contribution >= 0.6 is 0 Å². The number of aliphatic hydroxyl groups is 1. The normalized spacial score (nSPS) is 33.1. The summed E-state index contributed by atoms with van der Waals surface area (Å²) in [5.41, 5.74) is 3.16. The number of nitrogens with zero attached hydrogens (tertiary/aromatic N) is 3. The second kappa shape index (κ2) is 6.23. The number of nitrogens with one attached hydrogen (secondary N) is 1. The Hall–Kier alpha value is -2.12. The maximum Gasteiger partial charge on any atom is 0.257 e. The number of benzene rings is 1. The standard InChI is InChI=1S/C24H28F2N4O/c1-14(31)21-29-17-11-27-16-6-4-3-5-15(16)20(17)30(21)19-10-24(19)8-7-23(12-24)9-18(23)28-13-22(2,25)26/h3-6,11,14,18-19,28,31H,7-10,12-13H2,1-2H3/t14-,18?,19?,23?,24?/m1/s1. The van der Waals surface area contributed by atoms with Crippen molar-refractivity contribution >= 4 is 21.9 Å². The van der Waals surface area contributed by atoms with E-state index in [2.05, 4.69) is 20.9 Å². The SMILES string of the molecule is C[C@@H](O)c1nc2cnc3ccccc3c2n1C1CC12CCC1(CC1NCC(C)(F)F)C2. The van der Waals surface area contributed by atoms with Crippen molar-refractivity contribution in [1.82, 2.24) is 19.9 Å². The fourth-order valence-corrected chi connectivity index (χ4v) is 6.29. The molecule has 31 heavy (non-hydrogen) atoms. The van der Waals surface area contributed by atoms with E-state index in [1.54, 1.807) is 13.1 Å². The molecule has 5 atom stereocenters. The van der Waals surface area contributed by atoms with Crippen LogP contribution in [0.1, 0.15) is 63.9 Å². The number of pyridine rings is 1. The van der Waals surface area contributed by atoms with Gasteiger partial charge in [-0.3, -0.25) is 4.98 Å². The van der Waals surface area contributed by atoms with E-state index in [-0.39, 0.29) is 23.4 Å². The summed E-state index contributed by atoms with van der Waals surface area (Å²) in [4.78, 5) is 9.30. The van der Waals surface area contributed by atoms with Gasteiger partial charge >= 0.3 is 0 Å². The number of para-hydroxylation sites is 1. The highest BCUT2D eigenvalue weighted by molar-refractivity contribution is 6.02. The molecule has 7 heteroatoms. The van der Waals surface area contributed by atoms with Crippen molar-refractivity contribution in [3.8, 4) is 0 Å². The molecular formula is C24H28F2N4O. The fraction of sp³-hybridized carbons (Fsp3) is 0.583. The van der Waals surface area contributed by atoms with Gasteiger partial charge < -0.3 is 15.0 Å². The molecule has 3 fully saturated rings. The Morgan fingerprint density at radius 2 is 2.00 bits per heavy atom. The van der Waals surface area contributed by atoms with E-state index in [1.165, 1.54) is 0 Å². The number of fused-ring (bicyclic) bond motifs is 3. The second-order valence-corrected chi connectivity index (χ2v) is 10.4. The molecule has 2 N–H and O–H groups in total. The van der Waals surface area contributed by atoms with Crippen molar-refractivity contribution in [2.45, 2.75) is 70.1 Å². The van der Waals surface area contributed by atoms with Crippen LogP contribution in [0.15, 0.2) is 30.5 Å². The number of rotatable bonds is 5. The zero-order chi connectivity index (χ0) is 21.6. The van der Waals surface area contributed by atoms with E-state index >= 15 is 0 Å². The third-order valence-electron chi connectivity index (χ3n) is 7.96. The minimum absolute atomic E-state index is 0.172. The summed E-state index contributed by atoms with van der Waals surface area (Å²) in [6.45, 7) is 2.50. The predicted octanol–water partition coefficient (Wildman–Crippen LogP) is 4.76. The lowest BCUT2D eigenvalue weighted by atomic mass is 9.99. The summed E-state index contributed by atoms with van der Waals surface area (Å²) < 4.78 is 28.9. The van der Waals surface area contributed by atoms with Crippen LogP contribution in [0.25, 0.3) is 21.9 Å². The Balaban J connectivity index is 1.34. The molecule has 6 rings (SSSR count). The van der Waals surface area contributed by atoms with E-state index in [0.29, 0.717) is 11.9 Å². The Morgan fingerprint density at radius 1 is 1.23 bits per heavy atom. The number of hydrogen-bond donors (Lipinski definition) is 2. The van der Waals surface area contributed by atoms with Gasteiger partial charge in [0.2, 0.25) is 0 Å². The van der Waals surface area contributed by atoms with Gasteiger partial charge in [0.1, 0.15) is 17.4 Å². The Bertz CT molecular complexity index is 1190. The maximum absolute atomic E-state index is 13.3. The van der Waals surface area contributed by atoms with Crippen molar-refractivity contribution in [1.29, 1.82) is 0 Å². The number of hydrogen-bond acceptors (Lipinski definition) is 4. The first-order chi connectivity index (χ1) is 14.7. The Kier molecular flexibility index (Phi) is 3.93. The summed E-state index contributed by atoms with van der Waals surface area (Å²) in [5.74, 6) is -1.97. The summed E-state index contributed by atoms with van der Waals surface area (Å²) >= 11 is 0. The first-order valence-electron chi connectivity index (χ1n) is 11.3. The van der Waals surface area contributed by atoms with Crippen LogP contribution in [0.5, 0.6) is 0 Å². The zero-order valence-electron chi connectivity index (χ0n) is 17.9. The summed E-state index contributed by atoms with van der Waals surface area (Å²) in [6.07, 6.45) is 6.47. The molecule has 3 saturated carbocycles. The average molecular weight is 427 g/mol. The third kappa shape index (κ3) is 3.00. The highest BCUT2D eigenvalue weighted by Crippen LogP contribution is 2.76. The summed E-state index contributed by atoms with van der Waals surface area (Å²) in [7, 11) is 0. The fourth-order valence-electron chi connectivity index (χ4n) is 6.29. The number of aliphatic hydroxyl groups excluding tert-OH is 1. The van der Waals surface area contributed by atoms with Gasteiger partial charge in [0, 0.05) is 24.4 Å². The lowest BCUT2D eigenvalue weighted by Crippen LogP contribution is -2.33. The van der Waals surface area contributed by atoms with Gasteiger partial charge in [0.05, 0.1) is 23.8 Å². The van der Waals surface area contributed by atoms with E-state index in [0.717, 1.165) is 61.0 Å². The molecule has 164 valence electrons. The maximum atomic E-state index is 13.3.